The molecule has 1 fully saturated rings. The van der Waals surface area contributed by atoms with Crippen LogP contribution in [0.2, 0.25) is 0 Å². The second-order valence-corrected chi connectivity index (χ2v) is 7.65. The summed E-state index contributed by atoms with van der Waals surface area (Å²) in [4.78, 5) is 2.32. The molecule has 2 rings (SSSR count). The van der Waals surface area contributed by atoms with E-state index in [9.17, 15) is 8.42 Å². The van der Waals surface area contributed by atoms with Crippen LogP contribution in [0.4, 0.5) is 0 Å². The minimum absolute atomic E-state index is 0.0608. The predicted octanol–water partition coefficient (Wildman–Crippen LogP) is 1.63. The molecular formula is C15H21N3O2S. The molecule has 1 aromatic carbocycles. The van der Waals surface area contributed by atoms with Gasteiger partial charge in [-0.3, -0.25) is 0 Å². The summed E-state index contributed by atoms with van der Waals surface area (Å²) in [6.07, 6.45) is 3.15. The standard InChI is InChI=1S/C15H21N3O2S/c1-12-9-14(6-5-13(12)10-16)21(19,20)17-11-15(18(2)3)7-4-8-15/h5-6,9,17H,4,7-8,11H2,1-3H3. The largest absolute Gasteiger partial charge is 0.302 e. The second-order valence-electron chi connectivity index (χ2n) is 5.89. The van der Waals surface area contributed by atoms with Gasteiger partial charge in [0.2, 0.25) is 10.0 Å². The van der Waals surface area contributed by atoms with Gasteiger partial charge in [0.1, 0.15) is 0 Å². The summed E-state index contributed by atoms with van der Waals surface area (Å²) >= 11 is 0. The van der Waals surface area contributed by atoms with Crippen molar-refractivity contribution in [2.45, 2.75) is 36.6 Å². The molecule has 1 N–H and O–H groups in total. The lowest BCUT2D eigenvalue weighted by Crippen LogP contribution is -2.57. The molecule has 114 valence electrons. The normalized spacial score (nSPS) is 17.3. The monoisotopic (exact) mass is 307 g/mol. The lowest BCUT2D eigenvalue weighted by molar-refractivity contribution is 0.0657. The molecule has 0 aromatic heterocycles. The molecule has 1 aliphatic rings. The van der Waals surface area contributed by atoms with Gasteiger partial charge in [-0.2, -0.15) is 5.26 Å². The Morgan fingerprint density at radius 1 is 1.38 bits per heavy atom. The third-order valence-corrected chi connectivity index (χ3v) is 5.85. The Labute approximate surface area is 126 Å². The first kappa shape index (κ1) is 16.0. The Morgan fingerprint density at radius 2 is 2.05 bits per heavy atom. The molecule has 0 aliphatic heterocycles. The van der Waals surface area contributed by atoms with E-state index in [0.29, 0.717) is 17.7 Å². The SMILES string of the molecule is Cc1cc(S(=O)(=O)NCC2(N(C)C)CCC2)ccc1C#N. The Kier molecular flexibility index (Phi) is 4.38. The molecule has 0 spiro atoms. The van der Waals surface area contributed by atoms with Crippen molar-refractivity contribution in [1.29, 1.82) is 5.26 Å². The van der Waals surface area contributed by atoms with Crippen LogP contribution >= 0.6 is 0 Å². The van der Waals surface area contributed by atoms with Gasteiger partial charge in [-0.15, -0.1) is 0 Å². The zero-order chi connectivity index (χ0) is 15.7. The first-order valence-corrected chi connectivity index (χ1v) is 8.47. The van der Waals surface area contributed by atoms with E-state index in [0.717, 1.165) is 19.3 Å². The van der Waals surface area contributed by atoms with Crippen LogP contribution in [0, 0.1) is 18.3 Å². The van der Waals surface area contributed by atoms with Crippen LogP contribution in [-0.4, -0.2) is 39.5 Å². The van der Waals surface area contributed by atoms with Crippen molar-refractivity contribution in [2.75, 3.05) is 20.6 Å². The number of nitrogens with zero attached hydrogens (tertiary/aromatic N) is 2. The number of rotatable bonds is 5. The highest BCUT2D eigenvalue weighted by Gasteiger charge is 2.39. The maximum absolute atomic E-state index is 12.4. The lowest BCUT2D eigenvalue weighted by atomic mass is 9.76. The number of likely N-dealkylation sites (N-methyl/N-ethyl adjacent to an activating group) is 1. The summed E-state index contributed by atoms with van der Waals surface area (Å²) in [7, 11) is 0.434. The van der Waals surface area contributed by atoms with E-state index in [4.69, 9.17) is 5.26 Å². The Hall–Kier alpha value is -1.42. The maximum atomic E-state index is 12.4. The fourth-order valence-corrected chi connectivity index (χ4v) is 3.81. The van der Waals surface area contributed by atoms with Crippen LogP contribution in [0.1, 0.15) is 30.4 Å². The average molecular weight is 307 g/mol. The van der Waals surface area contributed by atoms with Crippen LogP contribution in [0.3, 0.4) is 0 Å². The zero-order valence-electron chi connectivity index (χ0n) is 12.7. The highest BCUT2D eigenvalue weighted by atomic mass is 32.2. The molecule has 1 saturated carbocycles. The number of hydrogen-bond donors (Lipinski definition) is 1. The Balaban J connectivity index is 2.16. The van der Waals surface area contributed by atoms with Gasteiger partial charge in [0, 0.05) is 12.1 Å². The van der Waals surface area contributed by atoms with Crippen LogP contribution in [0.15, 0.2) is 23.1 Å². The van der Waals surface area contributed by atoms with E-state index < -0.39 is 10.0 Å². The van der Waals surface area contributed by atoms with E-state index in [1.165, 1.54) is 6.07 Å². The fourth-order valence-electron chi connectivity index (χ4n) is 2.61. The summed E-state index contributed by atoms with van der Waals surface area (Å²) < 4.78 is 27.5. The third-order valence-electron chi connectivity index (χ3n) is 4.45. The highest BCUT2D eigenvalue weighted by molar-refractivity contribution is 7.89. The van der Waals surface area contributed by atoms with Crippen molar-refractivity contribution < 1.29 is 8.42 Å². The van der Waals surface area contributed by atoms with Gasteiger partial charge in [0.25, 0.3) is 0 Å². The van der Waals surface area contributed by atoms with Crippen LogP contribution in [0.25, 0.3) is 0 Å². The van der Waals surface area contributed by atoms with Gasteiger partial charge in [-0.25, -0.2) is 13.1 Å². The fraction of sp³-hybridized carbons (Fsp3) is 0.533. The van der Waals surface area contributed by atoms with Crippen molar-refractivity contribution in [3.05, 3.63) is 29.3 Å². The Morgan fingerprint density at radius 3 is 2.48 bits per heavy atom. The molecule has 0 saturated heterocycles. The van der Waals surface area contributed by atoms with Crippen molar-refractivity contribution in [2.24, 2.45) is 0 Å². The second kappa shape index (κ2) is 5.76. The summed E-state index contributed by atoms with van der Waals surface area (Å²) in [5.74, 6) is 0. The highest BCUT2D eigenvalue weighted by Crippen LogP contribution is 2.35. The summed E-state index contributed by atoms with van der Waals surface area (Å²) in [5, 5.41) is 8.90. The third kappa shape index (κ3) is 3.10. The number of nitrogens with one attached hydrogen (secondary N) is 1. The summed E-state index contributed by atoms with van der Waals surface area (Å²) in [6.45, 7) is 2.16. The van der Waals surface area contributed by atoms with E-state index in [1.807, 2.05) is 20.2 Å². The van der Waals surface area contributed by atoms with Crippen molar-refractivity contribution in [1.82, 2.24) is 9.62 Å². The van der Waals surface area contributed by atoms with Crippen LogP contribution in [-0.2, 0) is 10.0 Å². The van der Waals surface area contributed by atoms with Gasteiger partial charge >= 0.3 is 0 Å². The molecule has 21 heavy (non-hydrogen) atoms. The van der Waals surface area contributed by atoms with Gasteiger partial charge in [-0.05, 0) is 64.0 Å². The molecule has 0 radical (unpaired) electrons. The average Bonchev–Trinajstić information content (AvgIpc) is 2.36. The number of sulfonamides is 1. The topological polar surface area (TPSA) is 73.2 Å². The van der Waals surface area contributed by atoms with Crippen LogP contribution in [0.5, 0.6) is 0 Å². The zero-order valence-corrected chi connectivity index (χ0v) is 13.5. The molecule has 0 unspecified atom stereocenters. The maximum Gasteiger partial charge on any atom is 0.240 e. The first-order chi connectivity index (χ1) is 9.81. The quantitative estimate of drug-likeness (QED) is 0.897. The number of aryl methyl sites for hydroxylation is 1. The molecule has 6 heteroatoms. The van der Waals surface area contributed by atoms with Crippen molar-refractivity contribution in [3.63, 3.8) is 0 Å². The minimum Gasteiger partial charge on any atom is -0.302 e. The number of nitriles is 1. The minimum atomic E-state index is -3.54. The van der Waals surface area contributed by atoms with E-state index in [2.05, 4.69) is 9.62 Å². The molecule has 1 aromatic rings. The van der Waals surface area contributed by atoms with Gasteiger partial charge < -0.3 is 4.90 Å². The molecule has 1 aliphatic carbocycles. The molecule has 0 atom stereocenters. The first-order valence-electron chi connectivity index (χ1n) is 6.99. The van der Waals surface area contributed by atoms with Crippen molar-refractivity contribution >= 4 is 10.0 Å². The molecular weight excluding hydrogens is 286 g/mol. The number of hydrogen-bond acceptors (Lipinski definition) is 4. The smallest absolute Gasteiger partial charge is 0.240 e. The van der Waals surface area contributed by atoms with E-state index in [-0.39, 0.29) is 10.4 Å². The summed E-state index contributed by atoms with van der Waals surface area (Å²) in [5.41, 5.74) is 1.11. The lowest BCUT2D eigenvalue weighted by Gasteiger charge is -2.47. The summed E-state index contributed by atoms with van der Waals surface area (Å²) in [6, 6.07) is 6.62. The molecule has 5 nitrogen and oxygen atoms in total. The molecule has 0 bridgehead atoms. The van der Waals surface area contributed by atoms with E-state index >= 15 is 0 Å². The van der Waals surface area contributed by atoms with Gasteiger partial charge in [0.05, 0.1) is 16.5 Å². The van der Waals surface area contributed by atoms with E-state index in [1.54, 1.807) is 19.1 Å². The predicted molar refractivity (Wildman–Crippen MR) is 81.4 cm³/mol. The molecule has 0 amide bonds. The Bertz CT molecular complexity index is 671. The van der Waals surface area contributed by atoms with Crippen molar-refractivity contribution in [3.8, 4) is 6.07 Å². The molecule has 0 heterocycles. The van der Waals surface area contributed by atoms with Gasteiger partial charge in [0.15, 0.2) is 0 Å². The number of benzene rings is 1. The van der Waals surface area contributed by atoms with Crippen LogP contribution < -0.4 is 4.72 Å². The van der Waals surface area contributed by atoms with Gasteiger partial charge in [-0.1, -0.05) is 0 Å².